The Balaban J connectivity index is 2.35. The van der Waals surface area contributed by atoms with E-state index in [2.05, 4.69) is 4.98 Å². The number of carboxylic acid groups (broad SMARTS) is 1. The van der Waals surface area contributed by atoms with Crippen LogP contribution < -0.4 is 4.74 Å². The molecule has 0 fully saturated rings. The molecule has 0 saturated heterocycles. The third-order valence-electron chi connectivity index (χ3n) is 2.07. The molecular weight excluding hydrogens is 261 g/mol. The molecule has 92 valence electrons. The Morgan fingerprint density at radius 1 is 1.33 bits per heavy atom. The van der Waals surface area contributed by atoms with Crippen molar-refractivity contribution in [2.75, 3.05) is 0 Å². The number of ether oxygens (including phenoxy) is 1. The van der Waals surface area contributed by atoms with Crippen molar-refractivity contribution >= 4 is 17.6 Å². The molecule has 0 bridgehead atoms. The Kier molecular flexibility index (Phi) is 3.43. The lowest BCUT2D eigenvalue weighted by Crippen LogP contribution is -1.99. The molecule has 0 aliphatic heterocycles. The highest BCUT2D eigenvalue weighted by Crippen LogP contribution is 2.24. The van der Waals surface area contributed by atoms with E-state index < -0.39 is 11.8 Å². The Bertz CT molecular complexity index is 604. The summed E-state index contributed by atoms with van der Waals surface area (Å²) in [5, 5.41) is 8.80. The summed E-state index contributed by atoms with van der Waals surface area (Å²) in [5.41, 5.74) is -0.0821. The maximum atomic E-state index is 13.3. The second kappa shape index (κ2) is 5.01. The van der Waals surface area contributed by atoms with E-state index in [-0.39, 0.29) is 22.3 Å². The van der Waals surface area contributed by atoms with Crippen molar-refractivity contribution in [2.45, 2.75) is 0 Å². The van der Waals surface area contributed by atoms with Crippen LogP contribution >= 0.6 is 11.6 Å². The van der Waals surface area contributed by atoms with Crippen LogP contribution in [0.3, 0.4) is 0 Å². The second-order valence-corrected chi connectivity index (χ2v) is 3.74. The summed E-state index contributed by atoms with van der Waals surface area (Å²) in [6.07, 6.45) is 0. The van der Waals surface area contributed by atoms with Crippen molar-refractivity contribution in [3.8, 4) is 11.6 Å². The molecule has 6 heteroatoms. The average molecular weight is 268 g/mol. The van der Waals surface area contributed by atoms with E-state index in [0.29, 0.717) is 0 Å². The molecule has 0 radical (unpaired) electrons. The van der Waals surface area contributed by atoms with Crippen molar-refractivity contribution in [3.63, 3.8) is 0 Å². The van der Waals surface area contributed by atoms with Crippen molar-refractivity contribution in [2.24, 2.45) is 0 Å². The molecule has 0 saturated carbocycles. The molecule has 18 heavy (non-hydrogen) atoms. The fraction of sp³-hybridized carbons (Fsp3) is 0. The maximum absolute atomic E-state index is 13.3. The van der Waals surface area contributed by atoms with Gasteiger partial charge in [-0.3, -0.25) is 0 Å². The van der Waals surface area contributed by atoms with E-state index in [9.17, 15) is 9.18 Å². The summed E-state index contributed by atoms with van der Waals surface area (Å²) >= 11 is 5.65. The molecule has 0 atom stereocenters. The number of hydrogen-bond acceptors (Lipinski definition) is 3. The van der Waals surface area contributed by atoms with Gasteiger partial charge in [-0.15, -0.1) is 0 Å². The smallest absolute Gasteiger partial charge is 0.335 e. The largest absolute Gasteiger partial charge is 0.478 e. The van der Waals surface area contributed by atoms with Crippen LogP contribution in [0, 0.1) is 5.82 Å². The lowest BCUT2D eigenvalue weighted by molar-refractivity contribution is 0.0696. The van der Waals surface area contributed by atoms with E-state index in [1.54, 1.807) is 6.07 Å². The van der Waals surface area contributed by atoms with Gasteiger partial charge in [0.25, 0.3) is 0 Å². The summed E-state index contributed by atoms with van der Waals surface area (Å²) in [7, 11) is 0. The number of halogens is 2. The SMILES string of the molecule is O=C(O)c1cc(Cl)nc(Oc2ccccc2F)c1. The van der Waals surface area contributed by atoms with Crippen LogP contribution in [0.5, 0.6) is 11.6 Å². The first kappa shape index (κ1) is 12.3. The third kappa shape index (κ3) is 2.75. The zero-order chi connectivity index (χ0) is 13.1. The first-order valence-electron chi connectivity index (χ1n) is 4.89. The number of hydrogen-bond donors (Lipinski definition) is 1. The molecule has 1 aromatic heterocycles. The van der Waals surface area contributed by atoms with Crippen molar-refractivity contribution in [1.82, 2.24) is 4.98 Å². The summed E-state index contributed by atoms with van der Waals surface area (Å²) in [6.45, 7) is 0. The summed E-state index contributed by atoms with van der Waals surface area (Å²) in [6, 6.07) is 8.06. The standard InChI is InChI=1S/C12H7ClFNO3/c13-10-5-7(12(16)17)6-11(15-10)18-9-4-2-1-3-8(9)14/h1-6H,(H,16,17). The molecule has 0 aliphatic carbocycles. The van der Waals surface area contributed by atoms with Crippen LogP contribution in [-0.4, -0.2) is 16.1 Å². The Hall–Kier alpha value is -2.14. The van der Waals surface area contributed by atoms with Gasteiger partial charge in [-0.05, 0) is 18.2 Å². The number of benzene rings is 1. The first-order valence-corrected chi connectivity index (χ1v) is 5.27. The zero-order valence-corrected chi connectivity index (χ0v) is 9.69. The molecule has 4 nitrogen and oxygen atoms in total. The Morgan fingerprint density at radius 3 is 2.72 bits per heavy atom. The minimum absolute atomic E-state index is 0.0405. The van der Waals surface area contributed by atoms with Crippen LogP contribution in [0.4, 0.5) is 4.39 Å². The van der Waals surface area contributed by atoms with Crippen molar-refractivity contribution < 1.29 is 19.0 Å². The van der Waals surface area contributed by atoms with Gasteiger partial charge in [0.1, 0.15) is 5.15 Å². The van der Waals surface area contributed by atoms with Gasteiger partial charge in [0.2, 0.25) is 5.88 Å². The van der Waals surface area contributed by atoms with Crippen LogP contribution in [0.1, 0.15) is 10.4 Å². The van der Waals surface area contributed by atoms with Gasteiger partial charge in [0.15, 0.2) is 11.6 Å². The zero-order valence-electron chi connectivity index (χ0n) is 8.93. The van der Waals surface area contributed by atoms with E-state index in [4.69, 9.17) is 21.4 Å². The van der Waals surface area contributed by atoms with Crippen LogP contribution in [-0.2, 0) is 0 Å². The molecule has 0 unspecified atom stereocenters. The number of para-hydroxylation sites is 1. The van der Waals surface area contributed by atoms with Gasteiger partial charge < -0.3 is 9.84 Å². The van der Waals surface area contributed by atoms with Crippen LogP contribution in [0.15, 0.2) is 36.4 Å². The highest BCUT2D eigenvalue weighted by atomic mass is 35.5. The molecule has 1 heterocycles. The molecule has 2 rings (SSSR count). The van der Waals surface area contributed by atoms with Gasteiger partial charge in [0, 0.05) is 6.07 Å². The minimum Gasteiger partial charge on any atom is -0.478 e. The van der Waals surface area contributed by atoms with Crippen molar-refractivity contribution in [1.29, 1.82) is 0 Å². The lowest BCUT2D eigenvalue weighted by Gasteiger charge is -2.06. The summed E-state index contributed by atoms with van der Waals surface area (Å²) < 4.78 is 18.5. The predicted molar refractivity (Wildman–Crippen MR) is 62.7 cm³/mol. The Labute approximate surface area is 107 Å². The van der Waals surface area contributed by atoms with Gasteiger partial charge >= 0.3 is 5.97 Å². The summed E-state index contributed by atoms with van der Waals surface area (Å²) in [4.78, 5) is 14.6. The van der Waals surface area contributed by atoms with Crippen LogP contribution in [0.2, 0.25) is 5.15 Å². The molecular formula is C12H7ClFNO3. The van der Waals surface area contributed by atoms with Crippen LogP contribution in [0.25, 0.3) is 0 Å². The number of aromatic nitrogens is 1. The summed E-state index contributed by atoms with van der Waals surface area (Å²) in [5.74, 6) is -1.87. The molecule has 2 aromatic rings. The average Bonchev–Trinajstić information content (AvgIpc) is 2.31. The quantitative estimate of drug-likeness (QED) is 0.866. The molecule has 1 aromatic carbocycles. The maximum Gasteiger partial charge on any atom is 0.335 e. The number of pyridine rings is 1. The fourth-order valence-electron chi connectivity index (χ4n) is 1.29. The topological polar surface area (TPSA) is 59.4 Å². The highest BCUT2D eigenvalue weighted by Gasteiger charge is 2.10. The van der Waals surface area contributed by atoms with E-state index in [1.165, 1.54) is 30.3 Å². The molecule has 0 spiro atoms. The highest BCUT2D eigenvalue weighted by molar-refractivity contribution is 6.29. The fourth-order valence-corrected chi connectivity index (χ4v) is 1.49. The van der Waals surface area contributed by atoms with Gasteiger partial charge in [0.05, 0.1) is 5.56 Å². The molecule has 0 aliphatic rings. The van der Waals surface area contributed by atoms with E-state index >= 15 is 0 Å². The normalized spacial score (nSPS) is 10.1. The Morgan fingerprint density at radius 2 is 2.06 bits per heavy atom. The number of rotatable bonds is 3. The van der Waals surface area contributed by atoms with Gasteiger partial charge in [-0.1, -0.05) is 23.7 Å². The van der Waals surface area contributed by atoms with E-state index in [1.807, 2.05) is 0 Å². The monoisotopic (exact) mass is 267 g/mol. The van der Waals surface area contributed by atoms with Crippen molar-refractivity contribution in [3.05, 3.63) is 52.9 Å². The lowest BCUT2D eigenvalue weighted by atomic mass is 10.3. The minimum atomic E-state index is -1.17. The predicted octanol–water partition coefficient (Wildman–Crippen LogP) is 3.36. The third-order valence-corrected chi connectivity index (χ3v) is 2.26. The number of carbonyl (C=O) groups is 1. The molecule has 1 N–H and O–H groups in total. The number of aromatic carboxylic acids is 1. The number of nitrogens with zero attached hydrogens (tertiary/aromatic N) is 1. The first-order chi connectivity index (χ1) is 8.56. The van der Waals surface area contributed by atoms with Gasteiger partial charge in [-0.2, -0.15) is 0 Å². The van der Waals surface area contributed by atoms with Gasteiger partial charge in [-0.25, -0.2) is 14.2 Å². The van der Waals surface area contributed by atoms with E-state index in [0.717, 1.165) is 0 Å². The second-order valence-electron chi connectivity index (χ2n) is 3.35. The molecule has 0 amide bonds. The number of carboxylic acids is 1.